The van der Waals surface area contributed by atoms with Crippen molar-refractivity contribution < 1.29 is 0 Å². The van der Waals surface area contributed by atoms with Gasteiger partial charge in [-0.05, 0) is 44.0 Å². The van der Waals surface area contributed by atoms with Gasteiger partial charge in [0.1, 0.15) is 0 Å². The molecule has 0 radical (unpaired) electrons. The summed E-state index contributed by atoms with van der Waals surface area (Å²) >= 11 is 0. The van der Waals surface area contributed by atoms with E-state index in [0.29, 0.717) is 17.6 Å². The van der Waals surface area contributed by atoms with Crippen LogP contribution in [0, 0.1) is 13.8 Å². The highest BCUT2D eigenvalue weighted by Gasteiger charge is 2.15. The third-order valence-corrected chi connectivity index (χ3v) is 4.63. The molecular formula is C21H24N2O2. The molecule has 4 heteroatoms. The minimum absolute atomic E-state index is 0.251. The zero-order chi connectivity index (χ0) is 18.0. The van der Waals surface area contributed by atoms with E-state index in [2.05, 4.69) is 6.92 Å². The van der Waals surface area contributed by atoms with E-state index in [9.17, 15) is 9.59 Å². The van der Waals surface area contributed by atoms with Gasteiger partial charge in [0.25, 0.3) is 5.56 Å². The summed E-state index contributed by atoms with van der Waals surface area (Å²) in [5.41, 5.74) is 2.91. The van der Waals surface area contributed by atoms with E-state index < -0.39 is 0 Å². The molecule has 25 heavy (non-hydrogen) atoms. The lowest BCUT2D eigenvalue weighted by molar-refractivity contribution is 0.580. The molecule has 0 fully saturated rings. The third kappa shape index (κ3) is 3.16. The van der Waals surface area contributed by atoms with Crippen molar-refractivity contribution in [2.75, 3.05) is 0 Å². The van der Waals surface area contributed by atoms with Gasteiger partial charge in [0.15, 0.2) is 0 Å². The highest BCUT2D eigenvalue weighted by Crippen LogP contribution is 2.15. The molecule has 0 aliphatic carbocycles. The summed E-state index contributed by atoms with van der Waals surface area (Å²) < 4.78 is 3.06. The Morgan fingerprint density at radius 3 is 2.44 bits per heavy atom. The van der Waals surface area contributed by atoms with Crippen LogP contribution in [0.25, 0.3) is 16.6 Å². The van der Waals surface area contributed by atoms with Crippen LogP contribution in [-0.4, -0.2) is 9.13 Å². The number of hydrogen-bond donors (Lipinski definition) is 0. The molecule has 0 unspecified atom stereocenters. The molecule has 2 aromatic carbocycles. The normalized spacial score (nSPS) is 11.2. The average molecular weight is 336 g/mol. The lowest BCUT2D eigenvalue weighted by Gasteiger charge is -2.15. The fourth-order valence-electron chi connectivity index (χ4n) is 3.33. The predicted molar refractivity (Wildman–Crippen MR) is 103 cm³/mol. The molecule has 1 aromatic heterocycles. The van der Waals surface area contributed by atoms with E-state index in [-0.39, 0.29) is 11.2 Å². The smallest absolute Gasteiger partial charge is 0.293 e. The lowest BCUT2D eigenvalue weighted by atomic mass is 10.1. The average Bonchev–Trinajstić information content (AvgIpc) is 2.60. The number of para-hydroxylation sites is 1. The van der Waals surface area contributed by atoms with Crippen LogP contribution in [0.15, 0.2) is 52.1 Å². The van der Waals surface area contributed by atoms with Gasteiger partial charge in [-0.3, -0.25) is 9.36 Å². The summed E-state index contributed by atoms with van der Waals surface area (Å²) in [5, 5.41) is 0.582. The molecule has 1 heterocycles. The first kappa shape index (κ1) is 17.2. The van der Waals surface area contributed by atoms with Crippen LogP contribution in [0.3, 0.4) is 0 Å². The molecule has 0 aliphatic rings. The van der Waals surface area contributed by atoms with Crippen LogP contribution < -0.4 is 11.2 Å². The lowest BCUT2D eigenvalue weighted by Crippen LogP contribution is -2.39. The molecule has 0 spiro atoms. The number of nitrogens with zero attached hydrogens (tertiary/aromatic N) is 2. The predicted octanol–water partition coefficient (Wildman–Crippen LogP) is 3.96. The van der Waals surface area contributed by atoms with Crippen molar-refractivity contribution in [2.45, 2.75) is 46.6 Å². The molecule has 0 saturated heterocycles. The van der Waals surface area contributed by atoms with Crippen molar-refractivity contribution >= 4 is 10.9 Å². The first-order valence-corrected chi connectivity index (χ1v) is 8.87. The largest absolute Gasteiger partial charge is 0.336 e. The maximum Gasteiger partial charge on any atom is 0.336 e. The molecule has 3 rings (SSSR count). The van der Waals surface area contributed by atoms with E-state index in [0.717, 1.165) is 35.9 Å². The van der Waals surface area contributed by atoms with Gasteiger partial charge in [0, 0.05) is 6.54 Å². The number of aryl methyl sites for hydroxylation is 3. The summed E-state index contributed by atoms with van der Waals surface area (Å²) in [6.07, 6.45) is 3.07. The summed E-state index contributed by atoms with van der Waals surface area (Å²) in [4.78, 5) is 26.2. The SMILES string of the molecule is CCCCCn1c(=O)n(-c2ccc(C)cc2C)c(=O)c2ccccc21. The molecule has 0 amide bonds. The van der Waals surface area contributed by atoms with Gasteiger partial charge in [-0.25, -0.2) is 9.36 Å². The van der Waals surface area contributed by atoms with Crippen molar-refractivity contribution in [3.8, 4) is 5.69 Å². The Morgan fingerprint density at radius 2 is 1.72 bits per heavy atom. The van der Waals surface area contributed by atoms with Gasteiger partial charge in [0.05, 0.1) is 16.6 Å². The van der Waals surface area contributed by atoms with Crippen LogP contribution in [0.1, 0.15) is 37.3 Å². The van der Waals surface area contributed by atoms with Gasteiger partial charge < -0.3 is 0 Å². The topological polar surface area (TPSA) is 44.0 Å². The summed E-state index contributed by atoms with van der Waals surface area (Å²) in [6, 6.07) is 13.2. The second-order valence-corrected chi connectivity index (χ2v) is 6.59. The number of rotatable bonds is 5. The number of benzene rings is 2. The fraction of sp³-hybridized carbons (Fsp3) is 0.333. The van der Waals surface area contributed by atoms with E-state index >= 15 is 0 Å². The summed E-state index contributed by atoms with van der Waals surface area (Å²) in [5.74, 6) is 0. The molecule has 0 saturated carbocycles. The van der Waals surface area contributed by atoms with Crippen molar-refractivity contribution in [1.82, 2.24) is 9.13 Å². The van der Waals surface area contributed by atoms with Crippen molar-refractivity contribution in [3.63, 3.8) is 0 Å². The maximum absolute atomic E-state index is 13.2. The Bertz CT molecular complexity index is 1030. The molecule has 0 N–H and O–H groups in total. The fourth-order valence-corrected chi connectivity index (χ4v) is 3.33. The Kier molecular flexibility index (Phi) is 4.88. The van der Waals surface area contributed by atoms with Gasteiger partial charge >= 0.3 is 5.69 Å². The number of hydrogen-bond acceptors (Lipinski definition) is 2. The van der Waals surface area contributed by atoms with E-state index in [1.165, 1.54) is 4.57 Å². The molecule has 0 aliphatic heterocycles. The zero-order valence-electron chi connectivity index (χ0n) is 15.1. The molecule has 4 nitrogen and oxygen atoms in total. The van der Waals surface area contributed by atoms with Crippen LogP contribution in [0.5, 0.6) is 0 Å². The highest BCUT2D eigenvalue weighted by atomic mass is 16.2. The molecular weight excluding hydrogens is 312 g/mol. The molecule has 0 atom stereocenters. The molecule has 130 valence electrons. The van der Waals surface area contributed by atoms with Gasteiger partial charge in [0.2, 0.25) is 0 Å². The van der Waals surface area contributed by atoms with E-state index in [4.69, 9.17) is 0 Å². The molecule has 3 aromatic rings. The van der Waals surface area contributed by atoms with E-state index in [1.54, 1.807) is 10.6 Å². The van der Waals surface area contributed by atoms with Gasteiger partial charge in [-0.1, -0.05) is 49.6 Å². The summed E-state index contributed by atoms with van der Waals surface area (Å²) in [7, 11) is 0. The Labute approximate surface area is 147 Å². The van der Waals surface area contributed by atoms with Crippen LogP contribution >= 0.6 is 0 Å². The van der Waals surface area contributed by atoms with Crippen molar-refractivity contribution in [2.24, 2.45) is 0 Å². The number of fused-ring (bicyclic) bond motifs is 1. The minimum Gasteiger partial charge on any atom is -0.293 e. The van der Waals surface area contributed by atoms with Gasteiger partial charge in [-0.2, -0.15) is 0 Å². The maximum atomic E-state index is 13.2. The highest BCUT2D eigenvalue weighted by molar-refractivity contribution is 5.78. The minimum atomic E-state index is -0.258. The first-order valence-electron chi connectivity index (χ1n) is 8.87. The van der Waals surface area contributed by atoms with Gasteiger partial charge in [-0.15, -0.1) is 0 Å². The molecule has 0 bridgehead atoms. The summed E-state index contributed by atoms with van der Waals surface area (Å²) in [6.45, 7) is 6.70. The zero-order valence-corrected chi connectivity index (χ0v) is 15.1. The Morgan fingerprint density at radius 1 is 0.960 bits per heavy atom. The van der Waals surface area contributed by atoms with Crippen molar-refractivity contribution in [1.29, 1.82) is 0 Å². The van der Waals surface area contributed by atoms with E-state index in [1.807, 2.05) is 50.2 Å². The number of unbranched alkanes of at least 4 members (excludes halogenated alkanes) is 2. The first-order chi connectivity index (χ1) is 12.0. The Balaban J connectivity index is 2.32. The quantitative estimate of drug-likeness (QED) is 0.662. The van der Waals surface area contributed by atoms with Crippen molar-refractivity contribution in [3.05, 3.63) is 74.4 Å². The second-order valence-electron chi connectivity index (χ2n) is 6.59. The van der Waals surface area contributed by atoms with Crippen LogP contribution in [0.2, 0.25) is 0 Å². The second kappa shape index (κ2) is 7.09. The standard InChI is InChI=1S/C21H24N2O2/c1-4-5-8-13-22-19-10-7-6-9-17(19)20(24)23(21(22)25)18-12-11-15(2)14-16(18)3/h6-7,9-12,14H,4-5,8,13H2,1-3H3. The monoisotopic (exact) mass is 336 g/mol. The Hall–Kier alpha value is -2.62. The van der Waals surface area contributed by atoms with Crippen LogP contribution in [-0.2, 0) is 6.54 Å². The number of aromatic nitrogens is 2. The van der Waals surface area contributed by atoms with Crippen LogP contribution in [0.4, 0.5) is 0 Å². The third-order valence-electron chi connectivity index (χ3n) is 4.63.